The van der Waals surface area contributed by atoms with E-state index in [0.29, 0.717) is 29.9 Å². The van der Waals surface area contributed by atoms with Crippen molar-refractivity contribution in [1.29, 1.82) is 0 Å². The molecule has 29 heavy (non-hydrogen) atoms. The van der Waals surface area contributed by atoms with E-state index in [1.165, 1.54) is 21.9 Å². The van der Waals surface area contributed by atoms with Crippen LogP contribution in [0.4, 0.5) is 18.0 Å². The summed E-state index contributed by atoms with van der Waals surface area (Å²) in [4.78, 5) is 30.0. The van der Waals surface area contributed by atoms with Gasteiger partial charge in [-0.3, -0.25) is 9.69 Å². The summed E-state index contributed by atoms with van der Waals surface area (Å²) in [6.07, 6.45) is -2.88. The van der Waals surface area contributed by atoms with E-state index >= 15 is 0 Å². The molecule has 2 heterocycles. The first-order chi connectivity index (χ1) is 13.6. The van der Waals surface area contributed by atoms with Crippen molar-refractivity contribution in [2.75, 3.05) is 40.3 Å². The Morgan fingerprint density at radius 2 is 1.90 bits per heavy atom. The first kappa shape index (κ1) is 20.9. The Kier molecular flexibility index (Phi) is 5.70. The lowest BCUT2D eigenvalue weighted by Gasteiger charge is -2.33. The average molecular weight is 409 g/mol. The molecule has 0 aliphatic carbocycles. The van der Waals surface area contributed by atoms with Crippen LogP contribution in [0.5, 0.6) is 0 Å². The topological polar surface area (TPSA) is 57.1 Å². The largest absolute Gasteiger partial charge is 0.416 e. The minimum atomic E-state index is -4.45. The molecule has 0 saturated heterocycles. The summed E-state index contributed by atoms with van der Waals surface area (Å²) in [5.74, 6) is -0.208. The van der Waals surface area contributed by atoms with Gasteiger partial charge in [0.2, 0.25) is 0 Å². The number of amides is 3. The van der Waals surface area contributed by atoms with Crippen LogP contribution in [-0.4, -0.2) is 62.0 Å². The average Bonchev–Trinajstić information content (AvgIpc) is 2.98. The fourth-order valence-corrected chi connectivity index (χ4v) is 3.52. The number of hydrogen-bond acceptors (Lipinski definition) is 2. The van der Waals surface area contributed by atoms with Gasteiger partial charge in [0.25, 0.3) is 5.91 Å². The highest BCUT2D eigenvalue weighted by Gasteiger charge is 2.44. The van der Waals surface area contributed by atoms with E-state index in [9.17, 15) is 22.8 Å². The van der Waals surface area contributed by atoms with Gasteiger partial charge in [-0.2, -0.15) is 13.2 Å². The Morgan fingerprint density at radius 1 is 1.24 bits per heavy atom. The Hall–Kier alpha value is -2.81. The summed E-state index contributed by atoms with van der Waals surface area (Å²) in [7, 11) is 3.96. The van der Waals surface area contributed by atoms with Crippen LogP contribution in [0.3, 0.4) is 0 Å². The molecule has 1 aromatic carbocycles. The molecule has 2 aliphatic rings. The fourth-order valence-electron chi connectivity index (χ4n) is 3.52. The number of nitrogens with zero attached hydrogens (tertiary/aromatic N) is 2. The van der Waals surface area contributed by atoms with Crippen molar-refractivity contribution in [3.8, 4) is 0 Å². The summed E-state index contributed by atoms with van der Waals surface area (Å²) in [5, 5.41) is 2.76. The first-order valence-electron chi connectivity index (χ1n) is 9.31. The zero-order chi connectivity index (χ0) is 21.3. The number of nitrogens with one attached hydrogen (secondary N) is 2. The molecule has 0 fully saturated rings. The van der Waals surface area contributed by atoms with Gasteiger partial charge in [-0.1, -0.05) is 18.2 Å². The maximum atomic E-state index is 13.1. The number of likely N-dealkylation sites (N-methyl/N-ethyl adjacent to an activating group) is 1. The number of alkyl halides is 3. The highest BCUT2D eigenvalue weighted by Crippen LogP contribution is 2.37. The van der Waals surface area contributed by atoms with E-state index in [1.54, 1.807) is 11.0 Å². The zero-order valence-electron chi connectivity index (χ0n) is 16.3. The van der Waals surface area contributed by atoms with Crippen LogP contribution in [0.25, 0.3) is 0 Å². The second-order valence-electron chi connectivity index (χ2n) is 7.45. The van der Waals surface area contributed by atoms with Gasteiger partial charge in [0.05, 0.1) is 56.6 Å². The van der Waals surface area contributed by atoms with Crippen molar-refractivity contribution >= 4 is 11.9 Å². The number of benzene rings is 1. The molecule has 0 saturated carbocycles. The number of halogens is 3. The van der Waals surface area contributed by atoms with Crippen molar-refractivity contribution in [1.82, 2.24) is 15.1 Å². The fraction of sp³-hybridized carbons (Fsp3) is 0.400. The predicted molar refractivity (Wildman–Crippen MR) is 101 cm³/mol. The van der Waals surface area contributed by atoms with Gasteiger partial charge in [0.1, 0.15) is 0 Å². The molecular formula is C20H24F3N4O2+. The minimum absolute atomic E-state index is 0.208. The third-order valence-electron chi connectivity index (χ3n) is 5.06. The molecular weight excluding hydrogens is 385 g/mol. The highest BCUT2D eigenvalue weighted by atomic mass is 19.4. The van der Waals surface area contributed by atoms with E-state index in [1.807, 2.05) is 14.1 Å². The maximum absolute atomic E-state index is 13.1. The zero-order valence-corrected chi connectivity index (χ0v) is 16.3. The van der Waals surface area contributed by atoms with Crippen LogP contribution in [0.15, 0.2) is 48.2 Å². The Morgan fingerprint density at radius 3 is 2.45 bits per heavy atom. The van der Waals surface area contributed by atoms with Crippen LogP contribution in [0.1, 0.15) is 17.2 Å². The van der Waals surface area contributed by atoms with E-state index in [-0.39, 0.29) is 12.5 Å². The summed E-state index contributed by atoms with van der Waals surface area (Å²) in [5.41, 5.74) is 0.641. The molecule has 156 valence electrons. The molecule has 6 nitrogen and oxygen atoms in total. The molecule has 2 aliphatic heterocycles. The molecule has 3 amide bonds. The van der Waals surface area contributed by atoms with E-state index in [0.717, 1.165) is 18.7 Å². The third kappa shape index (κ3) is 4.14. The molecule has 0 bridgehead atoms. The van der Waals surface area contributed by atoms with Gasteiger partial charge in [-0.25, -0.2) is 4.79 Å². The molecule has 0 radical (unpaired) electrons. The molecule has 1 aromatic rings. The van der Waals surface area contributed by atoms with Crippen molar-refractivity contribution in [2.45, 2.75) is 12.2 Å². The normalized spacial score (nSPS) is 19.7. The summed E-state index contributed by atoms with van der Waals surface area (Å²) in [6.45, 7) is 5.44. The lowest BCUT2D eigenvalue weighted by atomic mass is 9.94. The number of carbonyl (C=O) groups excluding carboxylic acids is 2. The molecule has 3 rings (SSSR count). The van der Waals surface area contributed by atoms with Crippen LogP contribution >= 0.6 is 0 Å². The molecule has 1 atom stereocenters. The van der Waals surface area contributed by atoms with Crippen LogP contribution in [0, 0.1) is 0 Å². The summed E-state index contributed by atoms with van der Waals surface area (Å²) < 4.78 is 38.6. The van der Waals surface area contributed by atoms with Crippen LogP contribution < -0.4 is 10.2 Å². The first-order valence-corrected chi connectivity index (χ1v) is 9.31. The van der Waals surface area contributed by atoms with Crippen molar-refractivity contribution in [3.63, 3.8) is 0 Å². The predicted octanol–water partition coefficient (Wildman–Crippen LogP) is 1.20. The maximum Gasteiger partial charge on any atom is 0.416 e. The minimum Gasteiger partial charge on any atom is -0.338 e. The smallest absolute Gasteiger partial charge is 0.338 e. The Balaban J connectivity index is 1.96. The van der Waals surface area contributed by atoms with Crippen LogP contribution in [0.2, 0.25) is 0 Å². The second-order valence-corrected chi connectivity index (χ2v) is 7.45. The Bertz CT molecular complexity index is 846. The summed E-state index contributed by atoms with van der Waals surface area (Å²) >= 11 is 0. The molecule has 2 N–H and O–H groups in total. The number of rotatable bonds is 6. The molecule has 0 aromatic heterocycles. The lowest BCUT2D eigenvalue weighted by molar-refractivity contribution is -0.857. The highest BCUT2D eigenvalue weighted by molar-refractivity contribution is 6.01. The van der Waals surface area contributed by atoms with E-state index in [4.69, 9.17) is 0 Å². The van der Waals surface area contributed by atoms with Crippen molar-refractivity contribution in [3.05, 3.63) is 59.3 Å². The van der Waals surface area contributed by atoms with E-state index in [2.05, 4.69) is 11.9 Å². The Labute approximate surface area is 167 Å². The molecule has 0 unspecified atom stereocenters. The monoisotopic (exact) mass is 409 g/mol. The number of hydrogen-bond donors (Lipinski definition) is 2. The lowest BCUT2D eigenvalue weighted by Crippen LogP contribution is -3.06. The second kappa shape index (κ2) is 7.90. The third-order valence-corrected chi connectivity index (χ3v) is 5.06. The summed E-state index contributed by atoms with van der Waals surface area (Å²) in [6, 6.07) is 3.35. The van der Waals surface area contributed by atoms with E-state index < -0.39 is 23.8 Å². The number of quaternary nitrogens is 1. The van der Waals surface area contributed by atoms with Crippen molar-refractivity contribution < 1.29 is 27.7 Å². The van der Waals surface area contributed by atoms with Crippen LogP contribution in [-0.2, 0) is 11.0 Å². The van der Waals surface area contributed by atoms with Gasteiger partial charge in [-0.15, -0.1) is 6.58 Å². The van der Waals surface area contributed by atoms with Gasteiger partial charge in [0.15, 0.2) is 0 Å². The number of urea groups is 1. The number of carbonyl (C=O) groups is 2. The SMILES string of the molecule is C=CCN1C(=O)N[C@@H](c2ccc(C(F)(F)F)cc2)C2=C1CN(CC[NH+](C)C)C2=O. The standard InChI is InChI=1S/C20H23F3N4O2/c1-4-9-27-15-12-26(11-10-25(2)3)18(28)16(15)17(24-19(27)29)13-5-7-14(8-6-13)20(21,22)23/h4-8,17H,1,9-12H2,2-3H3,(H,24,29)/p+1/t17-/m0/s1. The van der Waals surface area contributed by atoms with Gasteiger partial charge in [0, 0.05) is 6.54 Å². The van der Waals surface area contributed by atoms with Gasteiger partial charge >= 0.3 is 12.2 Å². The molecule has 0 spiro atoms. The quantitative estimate of drug-likeness (QED) is 0.694. The van der Waals surface area contributed by atoms with Gasteiger partial charge in [-0.05, 0) is 17.7 Å². The van der Waals surface area contributed by atoms with Crippen molar-refractivity contribution in [2.24, 2.45) is 0 Å². The van der Waals surface area contributed by atoms with Gasteiger partial charge < -0.3 is 15.1 Å². The molecule has 9 heteroatoms.